The van der Waals surface area contributed by atoms with E-state index in [1.165, 1.54) is 17.5 Å². The third-order valence-electron chi connectivity index (χ3n) is 6.83. The smallest absolute Gasteiger partial charge is 0.253 e. The summed E-state index contributed by atoms with van der Waals surface area (Å²) in [6, 6.07) is 15.5. The predicted octanol–water partition coefficient (Wildman–Crippen LogP) is 4.39. The van der Waals surface area contributed by atoms with Gasteiger partial charge in [0.25, 0.3) is 5.91 Å². The maximum absolute atomic E-state index is 13.2. The normalized spacial score (nSPS) is 29.7. The van der Waals surface area contributed by atoms with Crippen LogP contribution in [-0.2, 0) is 11.8 Å². The van der Waals surface area contributed by atoms with Gasteiger partial charge in [-0.25, -0.2) is 0 Å². The van der Waals surface area contributed by atoms with Crippen molar-refractivity contribution in [3.05, 3.63) is 65.2 Å². The first-order valence-electron chi connectivity index (χ1n) is 9.56. The van der Waals surface area contributed by atoms with Gasteiger partial charge in [0.1, 0.15) is 5.75 Å². The molecule has 0 saturated heterocycles. The molecular weight excluding hydrogens is 322 g/mol. The number of amides is 1. The van der Waals surface area contributed by atoms with E-state index >= 15 is 0 Å². The maximum atomic E-state index is 13.2. The Kier molecular flexibility index (Phi) is 4.06. The number of hydrogen-bond acceptors (Lipinski definition) is 2. The van der Waals surface area contributed by atoms with Crippen molar-refractivity contribution in [1.82, 2.24) is 4.90 Å². The van der Waals surface area contributed by atoms with Gasteiger partial charge in [0, 0.05) is 24.1 Å². The van der Waals surface area contributed by atoms with Crippen LogP contribution < -0.4 is 0 Å². The lowest BCUT2D eigenvalue weighted by atomic mass is 9.54. The standard InChI is InChI=1S/C23H27NO2/c1-15-11-12-23(2)20-14-18(25)10-9-17(20)13-19(15)21(23)24(3)22(26)16-7-5-4-6-8-16/h4-10,14-15,19,21,25H,11-13H2,1-3H3/t15?,19-,21-,23+/m0/s1. The van der Waals surface area contributed by atoms with Gasteiger partial charge in [0.15, 0.2) is 0 Å². The van der Waals surface area contributed by atoms with Crippen molar-refractivity contribution >= 4 is 5.91 Å². The number of carbonyl (C=O) groups is 1. The quantitative estimate of drug-likeness (QED) is 0.873. The summed E-state index contributed by atoms with van der Waals surface area (Å²) in [7, 11) is 1.96. The van der Waals surface area contributed by atoms with Crippen molar-refractivity contribution in [3.63, 3.8) is 0 Å². The first-order valence-corrected chi connectivity index (χ1v) is 9.56. The number of benzene rings is 2. The maximum Gasteiger partial charge on any atom is 0.253 e. The lowest BCUT2D eigenvalue weighted by molar-refractivity contribution is 0.0149. The van der Waals surface area contributed by atoms with Crippen LogP contribution >= 0.6 is 0 Å². The van der Waals surface area contributed by atoms with Crippen molar-refractivity contribution in [2.75, 3.05) is 7.05 Å². The van der Waals surface area contributed by atoms with Crippen LogP contribution in [0.25, 0.3) is 0 Å². The molecule has 1 unspecified atom stereocenters. The number of carbonyl (C=O) groups excluding carboxylic acids is 1. The van der Waals surface area contributed by atoms with E-state index in [4.69, 9.17) is 0 Å². The molecule has 0 spiro atoms. The number of phenolic OH excluding ortho intramolecular Hbond substituents is 1. The van der Waals surface area contributed by atoms with Gasteiger partial charge in [0.2, 0.25) is 0 Å². The van der Waals surface area contributed by atoms with Crippen molar-refractivity contribution in [3.8, 4) is 5.75 Å². The topological polar surface area (TPSA) is 40.5 Å². The Balaban J connectivity index is 1.78. The van der Waals surface area contributed by atoms with Gasteiger partial charge in [-0.05, 0) is 66.5 Å². The molecule has 1 amide bonds. The van der Waals surface area contributed by atoms with Crippen LogP contribution in [0, 0.1) is 11.8 Å². The molecule has 136 valence electrons. The molecule has 4 atom stereocenters. The first-order chi connectivity index (χ1) is 12.4. The van der Waals surface area contributed by atoms with Gasteiger partial charge in [0.05, 0.1) is 0 Å². The predicted molar refractivity (Wildman–Crippen MR) is 103 cm³/mol. The van der Waals surface area contributed by atoms with E-state index in [1.807, 2.05) is 48.3 Å². The minimum absolute atomic E-state index is 0.0875. The Labute approximate surface area is 155 Å². The molecular formula is C23H27NO2. The van der Waals surface area contributed by atoms with Crippen LogP contribution in [0.4, 0.5) is 0 Å². The molecule has 3 nitrogen and oxygen atoms in total. The van der Waals surface area contributed by atoms with E-state index in [0.29, 0.717) is 17.6 Å². The number of likely N-dealkylation sites (N-methyl/N-ethyl adjacent to an activating group) is 1. The fourth-order valence-corrected chi connectivity index (χ4v) is 5.43. The van der Waals surface area contributed by atoms with Crippen LogP contribution in [-0.4, -0.2) is 29.0 Å². The average Bonchev–Trinajstić information content (AvgIpc) is 2.65. The lowest BCUT2D eigenvalue weighted by Crippen LogP contribution is -2.60. The number of aromatic hydroxyl groups is 1. The van der Waals surface area contributed by atoms with Crippen LogP contribution in [0.5, 0.6) is 5.75 Å². The second kappa shape index (κ2) is 6.15. The minimum atomic E-state index is -0.122. The molecule has 3 heteroatoms. The Morgan fingerprint density at radius 2 is 1.92 bits per heavy atom. The molecule has 0 aromatic heterocycles. The van der Waals surface area contributed by atoms with E-state index < -0.39 is 0 Å². The number of rotatable bonds is 2. The molecule has 2 bridgehead atoms. The van der Waals surface area contributed by atoms with Gasteiger partial charge in [-0.3, -0.25) is 4.79 Å². The van der Waals surface area contributed by atoms with E-state index in [-0.39, 0.29) is 17.4 Å². The molecule has 2 aromatic carbocycles. The van der Waals surface area contributed by atoms with Gasteiger partial charge >= 0.3 is 0 Å². The Morgan fingerprint density at radius 3 is 2.65 bits per heavy atom. The van der Waals surface area contributed by atoms with Crippen molar-refractivity contribution in [2.45, 2.75) is 44.6 Å². The molecule has 2 aliphatic carbocycles. The average molecular weight is 349 g/mol. The Morgan fingerprint density at radius 1 is 1.19 bits per heavy atom. The summed E-state index contributed by atoms with van der Waals surface area (Å²) < 4.78 is 0. The molecule has 1 fully saturated rings. The SMILES string of the molecule is CC1CC[C@]2(C)c3cc(O)ccc3C[C@@H]1[C@@H]2N(C)C(=O)c1ccccc1. The number of hydrogen-bond donors (Lipinski definition) is 1. The molecule has 0 aliphatic heterocycles. The molecule has 2 aliphatic rings. The fraction of sp³-hybridized carbons (Fsp3) is 0.435. The third-order valence-corrected chi connectivity index (χ3v) is 6.83. The first kappa shape index (κ1) is 17.1. The van der Waals surface area contributed by atoms with Crippen LogP contribution in [0.3, 0.4) is 0 Å². The summed E-state index contributed by atoms with van der Waals surface area (Å²) >= 11 is 0. The second-order valence-electron chi connectivity index (χ2n) is 8.37. The van der Waals surface area contributed by atoms with Gasteiger partial charge in [-0.15, -0.1) is 0 Å². The highest BCUT2D eigenvalue weighted by Crippen LogP contribution is 2.53. The van der Waals surface area contributed by atoms with Crippen molar-refractivity contribution in [2.24, 2.45) is 11.8 Å². The summed E-state index contributed by atoms with van der Waals surface area (Å²) in [6.07, 6.45) is 3.18. The van der Waals surface area contributed by atoms with Crippen molar-refractivity contribution in [1.29, 1.82) is 0 Å². The fourth-order valence-electron chi connectivity index (χ4n) is 5.43. The summed E-state index contributed by atoms with van der Waals surface area (Å²) in [6.45, 7) is 4.60. The Bertz CT molecular complexity index is 831. The van der Waals surface area contributed by atoms with E-state index in [9.17, 15) is 9.90 Å². The highest BCUT2D eigenvalue weighted by molar-refractivity contribution is 5.94. The van der Waals surface area contributed by atoms with E-state index in [2.05, 4.69) is 19.9 Å². The molecule has 2 aromatic rings. The largest absolute Gasteiger partial charge is 0.508 e. The highest BCUT2D eigenvalue weighted by Gasteiger charge is 2.52. The minimum Gasteiger partial charge on any atom is -0.508 e. The summed E-state index contributed by atoms with van der Waals surface area (Å²) in [4.78, 5) is 15.2. The third kappa shape index (κ3) is 2.53. The Hall–Kier alpha value is -2.29. The highest BCUT2D eigenvalue weighted by atomic mass is 16.3. The molecule has 1 saturated carbocycles. The number of phenols is 1. The van der Waals surface area contributed by atoms with Crippen LogP contribution in [0.1, 0.15) is 48.2 Å². The lowest BCUT2D eigenvalue weighted by Gasteiger charge is -2.56. The summed E-state index contributed by atoms with van der Waals surface area (Å²) in [5.74, 6) is 1.44. The molecule has 1 N–H and O–H groups in total. The zero-order valence-corrected chi connectivity index (χ0v) is 15.8. The van der Waals surface area contributed by atoms with Gasteiger partial charge < -0.3 is 10.0 Å². The van der Waals surface area contributed by atoms with Gasteiger partial charge in [-0.2, -0.15) is 0 Å². The zero-order valence-electron chi connectivity index (χ0n) is 15.8. The monoisotopic (exact) mass is 349 g/mol. The molecule has 26 heavy (non-hydrogen) atoms. The molecule has 0 radical (unpaired) electrons. The summed E-state index contributed by atoms with van der Waals surface area (Å²) in [5, 5.41) is 10.1. The van der Waals surface area contributed by atoms with Crippen LogP contribution in [0.2, 0.25) is 0 Å². The molecule has 4 rings (SSSR count). The van der Waals surface area contributed by atoms with Gasteiger partial charge in [-0.1, -0.05) is 38.1 Å². The number of nitrogens with zero attached hydrogens (tertiary/aromatic N) is 1. The second-order valence-corrected chi connectivity index (χ2v) is 8.37. The molecule has 0 heterocycles. The van der Waals surface area contributed by atoms with Crippen LogP contribution in [0.15, 0.2) is 48.5 Å². The van der Waals surface area contributed by atoms with E-state index in [1.54, 1.807) is 6.07 Å². The van der Waals surface area contributed by atoms with Crippen molar-refractivity contribution < 1.29 is 9.90 Å². The zero-order chi connectivity index (χ0) is 18.5. The summed E-state index contributed by atoms with van der Waals surface area (Å²) in [5.41, 5.74) is 3.17. The number of fused-ring (bicyclic) bond motifs is 4. The van der Waals surface area contributed by atoms with E-state index in [0.717, 1.165) is 18.4 Å².